The maximum atomic E-state index is 2.44. The molecule has 0 nitrogen and oxygen atoms in total. The van der Waals surface area contributed by atoms with Crippen molar-refractivity contribution in [3.05, 3.63) is 0 Å². The van der Waals surface area contributed by atoms with Gasteiger partial charge in [-0.3, -0.25) is 0 Å². The average Bonchev–Trinajstić information content (AvgIpc) is 1.31. The van der Waals surface area contributed by atoms with Crippen LogP contribution in [0.25, 0.3) is 0 Å². The fraction of sp³-hybridized carbons (Fsp3) is 1.00. The Balaban J connectivity index is 3.54. The van der Waals surface area contributed by atoms with Crippen molar-refractivity contribution in [1.82, 2.24) is 0 Å². The van der Waals surface area contributed by atoms with Gasteiger partial charge in [0.15, 0.2) is 0 Å². The van der Waals surface area contributed by atoms with Gasteiger partial charge in [-0.1, -0.05) is 0 Å². The van der Waals surface area contributed by atoms with E-state index in [1.807, 2.05) is 0 Å². The van der Waals surface area contributed by atoms with E-state index in [9.17, 15) is 0 Å². The van der Waals surface area contributed by atoms with Crippen molar-refractivity contribution in [2.24, 2.45) is 0 Å². The summed E-state index contributed by atoms with van der Waals surface area (Å²) in [6.07, 6.45) is 0. The molecule has 0 heterocycles. The molecule has 0 spiro atoms. The van der Waals surface area contributed by atoms with E-state index >= 15 is 0 Å². The first-order valence-corrected chi connectivity index (χ1v) is 9.00. The van der Waals surface area contributed by atoms with Crippen LogP contribution in [0.3, 0.4) is 0 Å². The molecular formula is C6H15Ga. The van der Waals surface area contributed by atoms with Gasteiger partial charge in [-0.05, 0) is 0 Å². The molecule has 0 aromatic rings. The minimum absolute atomic E-state index is 0.688. The quantitative estimate of drug-likeness (QED) is 0.474. The van der Waals surface area contributed by atoms with Gasteiger partial charge in [-0.2, -0.15) is 0 Å². The van der Waals surface area contributed by atoms with E-state index in [2.05, 4.69) is 31.7 Å². The molecule has 0 saturated heterocycles. The van der Waals surface area contributed by atoms with Gasteiger partial charge >= 0.3 is 51.9 Å². The molecule has 0 fully saturated rings. The van der Waals surface area contributed by atoms with Crippen LogP contribution in [-0.4, -0.2) is 16.2 Å². The monoisotopic (exact) mass is 156 g/mol. The predicted molar refractivity (Wildman–Crippen MR) is 37.2 cm³/mol. The van der Waals surface area contributed by atoms with Crippen LogP contribution in [0.4, 0.5) is 0 Å². The molecular weight excluding hydrogens is 142 g/mol. The average molecular weight is 157 g/mol. The molecule has 0 N–H and O–H groups in total. The zero-order chi connectivity index (χ0) is 6.08. The van der Waals surface area contributed by atoms with Crippen LogP contribution in [0, 0.1) is 0 Å². The van der Waals surface area contributed by atoms with Crippen LogP contribution in [-0.2, 0) is 0 Å². The minimum atomic E-state index is -0.764. The molecule has 0 aliphatic rings. The number of hydrogen-bond acceptors (Lipinski definition) is 0. The summed E-state index contributed by atoms with van der Waals surface area (Å²) in [5.74, 6) is 0. The summed E-state index contributed by atoms with van der Waals surface area (Å²) in [5, 5.41) is 0. The normalized spacial score (nSPS) is 11.6. The second kappa shape index (κ2) is 2.27. The third kappa shape index (κ3) is 3.24. The number of rotatable bonds is 0. The van der Waals surface area contributed by atoms with Crippen molar-refractivity contribution >= 4 is 16.2 Å². The molecule has 0 saturated carbocycles. The molecule has 0 rings (SSSR count). The zero-order valence-electron chi connectivity index (χ0n) is 6.08. The molecule has 1 heteroatoms. The van der Waals surface area contributed by atoms with E-state index in [1.165, 1.54) is 0 Å². The predicted octanol–water partition coefficient (Wildman–Crippen LogP) is 2.54. The molecule has 0 aliphatic heterocycles. The molecule has 0 unspecified atom stereocenters. The van der Waals surface area contributed by atoms with E-state index < -0.39 is 16.2 Å². The van der Waals surface area contributed by atoms with Crippen LogP contribution in [0.2, 0.25) is 14.9 Å². The Morgan fingerprint density at radius 1 is 1.00 bits per heavy atom. The van der Waals surface area contributed by atoms with E-state index in [-0.39, 0.29) is 0 Å². The molecule has 42 valence electrons. The third-order valence-electron chi connectivity index (χ3n) is 1.73. The fourth-order valence-electron chi connectivity index (χ4n) is 0. The molecule has 0 atom stereocenters. The van der Waals surface area contributed by atoms with Crippen molar-refractivity contribution in [2.75, 3.05) is 0 Å². The summed E-state index contributed by atoms with van der Waals surface area (Å²) >= 11 is -0.764. The van der Waals surface area contributed by atoms with Crippen LogP contribution in [0.5, 0.6) is 0 Å². The summed E-state index contributed by atoms with van der Waals surface area (Å²) in [6, 6.07) is 0. The van der Waals surface area contributed by atoms with Gasteiger partial charge in [0.2, 0.25) is 0 Å². The molecule has 0 bridgehead atoms. The van der Waals surface area contributed by atoms with E-state index in [0.717, 1.165) is 0 Å². The Kier molecular flexibility index (Phi) is 2.48. The molecule has 0 amide bonds. The first-order valence-electron chi connectivity index (χ1n) is 2.94. The molecule has 0 aromatic carbocycles. The molecule has 0 aliphatic carbocycles. The summed E-state index contributed by atoms with van der Waals surface area (Å²) in [7, 11) is 0. The Bertz CT molecular complexity index is 49.7. The van der Waals surface area contributed by atoms with Crippen molar-refractivity contribution in [3.8, 4) is 0 Å². The van der Waals surface area contributed by atoms with Gasteiger partial charge in [0.25, 0.3) is 0 Å². The van der Waals surface area contributed by atoms with E-state index in [1.54, 1.807) is 0 Å². The Hall–Kier alpha value is 0.636. The third-order valence-corrected chi connectivity index (χ3v) is 9.00. The maximum absolute atomic E-state index is 2.44. The van der Waals surface area contributed by atoms with Crippen LogP contribution in [0.15, 0.2) is 0 Å². The Morgan fingerprint density at radius 2 is 1.14 bits per heavy atom. The molecule has 0 aromatic heterocycles. The van der Waals surface area contributed by atoms with Gasteiger partial charge in [0, 0.05) is 0 Å². The summed E-state index contributed by atoms with van der Waals surface area (Å²) in [6.45, 7) is 7.03. The van der Waals surface area contributed by atoms with Gasteiger partial charge in [-0.25, -0.2) is 0 Å². The second-order valence-electron chi connectivity index (χ2n) is 3.52. The molecule has 7 heavy (non-hydrogen) atoms. The van der Waals surface area contributed by atoms with Gasteiger partial charge in [-0.15, -0.1) is 0 Å². The molecule has 0 radical (unpaired) electrons. The van der Waals surface area contributed by atoms with Gasteiger partial charge in [0.05, 0.1) is 0 Å². The summed E-state index contributed by atoms with van der Waals surface area (Å²) < 4.78 is 0.688. The van der Waals surface area contributed by atoms with Crippen molar-refractivity contribution < 1.29 is 0 Å². The first kappa shape index (κ1) is 7.64. The first-order chi connectivity index (χ1) is 2.94. The topological polar surface area (TPSA) is 0 Å². The Labute approximate surface area is 52.3 Å². The van der Waals surface area contributed by atoms with Crippen LogP contribution < -0.4 is 0 Å². The van der Waals surface area contributed by atoms with Crippen molar-refractivity contribution in [2.45, 2.75) is 35.7 Å². The van der Waals surface area contributed by atoms with Crippen LogP contribution in [0.1, 0.15) is 20.8 Å². The van der Waals surface area contributed by atoms with Gasteiger partial charge in [0.1, 0.15) is 0 Å². The van der Waals surface area contributed by atoms with Gasteiger partial charge < -0.3 is 0 Å². The number of hydrogen-bond donors (Lipinski definition) is 0. The fourth-order valence-corrected chi connectivity index (χ4v) is 0. The standard InChI is InChI=1S/C4H9.2CH3.Ga/c1-4(2)3;;;/h1-3H3;2*1H3;. The second-order valence-corrected chi connectivity index (χ2v) is 12.0. The van der Waals surface area contributed by atoms with Crippen molar-refractivity contribution in [3.63, 3.8) is 0 Å². The zero-order valence-corrected chi connectivity index (χ0v) is 8.50. The van der Waals surface area contributed by atoms with Crippen LogP contribution >= 0.6 is 0 Å². The SMILES string of the molecule is [CH3][Ga]([CH3])[C](C)(C)C. The van der Waals surface area contributed by atoms with E-state index in [0.29, 0.717) is 3.97 Å². The Morgan fingerprint density at radius 3 is 1.14 bits per heavy atom. The summed E-state index contributed by atoms with van der Waals surface area (Å²) in [4.78, 5) is 0. The van der Waals surface area contributed by atoms with E-state index in [4.69, 9.17) is 0 Å². The summed E-state index contributed by atoms with van der Waals surface area (Å²) in [5.41, 5.74) is 4.88. The van der Waals surface area contributed by atoms with Crippen molar-refractivity contribution in [1.29, 1.82) is 0 Å².